The third-order valence-corrected chi connectivity index (χ3v) is 4.09. The summed E-state index contributed by atoms with van der Waals surface area (Å²) in [5, 5.41) is 9.37. The third-order valence-electron chi connectivity index (χ3n) is 4.09. The molecule has 3 rings (SSSR count). The predicted octanol–water partition coefficient (Wildman–Crippen LogP) is 3.12. The summed E-state index contributed by atoms with van der Waals surface area (Å²) in [6.45, 7) is 0.866. The van der Waals surface area contributed by atoms with Crippen molar-refractivity contribution in [2.75, 3.05) is 18.5 Å². The van der Waals surface area contributed by atoms with Crippen LogP contribution in [0.15, 0.2) is 36.4 Å². The first-order valence-corrected chi connectivity index (χ1v) is 7.46. The summed E-state index contributed by atoms with van der Waals surface area (Å²) in [5.41, 5.74) is 4.44. The maximum absolute atomic E-state index is 9.37. The second-order valence-corrected chi connectivity index (χ2v) is 5.59. The topological polar surface area (TPSA) is 39.9 Å². The molecule has 0 spiro atoms. The van der Waals surface area contributed by atoms with Crippen molar-refractivity contribution >= 4 is 5.82 Å². The maximum Gasteiger partial charge on any atom is 0.146 e. The number of fused-ring (bicyclic) bond motifs is 1. The van der Waals surface area contributed by atoms with Gasteiger partial charge in [0.1, 0.15) is 11.9 Å². The van der Waals surface area contributed by atoms with Gasteiger partial charge in [-0.15, -0.1) is 0 Å². The van der Waals surface area contributed by atoms with Gasteiger partial charge in [-0.1, -0.05) is 30.3 Å². The predicted molar refractivity (Wildman–Crippen MR) is 84.4 cm³/mol. The summed E-state index contributed by atoms with van der Waals surface area (Å²) in [4.78, 5) is 6.84. The quantitative estimate of drug-likeness (QED) is 0.862. The van der Waals surface area contributed by atoms with E-state index in [4.69, 9.17) is 4.98 Å². The first kappa shape index (κ1) is 13.6. The minimum Gasteiger partial charge on any atom is -0.358 e. The maximum atomic E-state index is 9.37. The van der Waals surface area contributed by atoms with E-state index in [1.807, 2.05) is 19.2 Å². The Morgan fingerprint density at radius 1 is 1.24 bits per heavy atom. The Morgan fingerprint density at radius 2 is 2.05 bits per heavy atom. The molecule has 0 amide bonds. The Hall–Kier alpha value is -2.34. The summed E-state index contributed by atoms with van der Waals surface area (Å²) in [6.07, 6.45) is 4.22. The Labute approximate surface area is 125 Å². The number of anilines is 1. The second-order valence-electron chi connectivity index (χ2n) is 5.59. The van der Waals surface area contributed by atoms with Crippen LogP contribution in [0, 0.1) is 11.3 Å². The molecule has 0 atom stereocenters. The third kappa shape index (κ3) is 2.90. The SMILES string of the molecule is CN(CCc1ccccc1)c1nc2c(cc1C#N)CCC2. The van der Waals surface area contributed by atoms with E-state index >= 15 is 0 Å². The van der Waals surface area contributed by atoms with E-state index in [2.05, 4.69) is 35.2 Å². The van der Waals surface area contributed by atoms with Crippen molar-refractivity contribution < 1.29 is 0 Å². The van der Waals surface area contributed by atoms with Crippen LogP contribution in [0.1, 0.15) is 28.8 Å². The number of nitriles is 1. The van der Waals surface area contributed by atoms with Gasteiger partial charge in [0.25, 0.3) is 0 Å². The fourth-order valence-corrected chi connectivity index (χ4v) is 2.88. The minimum atomic E-state index is 0.700. The molecule has 3 heteroatoms. The zero-order valence-electron chi connectivity index (χ0n) is 12.3. The standard InChI is InChI=1S/C18H19N3/c1-21(11-10-14-6-3-2-4-7-14)18-16(13-19)12-15-8-5-9-17(15)20-18/h2-4,6-7,12H,5,8-11H2,1H3. The molecule has 0 aliphatic heterocycles. The first-order chi connectivity index (χ1) is 10.3. The monoisotopic (exact) mass is 277 g/mol. The average molecular weight is 277 g/mol. The van der Waals surface area contributed by atoms with E-state index in [1.54, 1.807) is 0 Å². The van der Waals surface area contributed by atoms with Crippen LogP contribution in [0.3, 0.4) is 0 Å². The van der Waals surface area contributed by atoms with Crippen LogP contribution >= 0.6 is 0 Å². The smallest absolute Gasteiger partial charge is 0.146 e. The van der Waals surface area contributed by atoms with Gasteiger partial charge >= 0.3 is 0 Å². The van der Waals surface area contributed by atoms with Crippen LogP contribution in [0.4, 0.5) is 5.82 Å². The van der Waals surface area contributed by atoms with Crippen LogP contribution < -0.4 is 4.90 Å². The number of aryl methyl sites for hydroxylation is 2. The van der Waals surface area contributed by atoms with Crippen LogP contribution in [-0.4, -0.2) is 18.6 Å². The lowest BCUT2D eigenvalue weighted by Crippen LogP contribution is -2.23. The molecule has 0 N–H and O–H groups in total. The van der Waals surface area contributed by atoms with Crippen molar-refractivity contribution in [1.82, 2.24) is 4.98 Å². The number of rotatable bonds is 4. The highest BCUT2D eigenvalue weighted by Crippen LogP contribution is 2.26. The van der Waals surface area contributed by atoms with Crippen LogP contribution in [0.5, 0.6) is 0 Å². The van der Waals surface area contributed by atoms with Crippen molar-refractivity contribution in [2.45, 2.75) is 25.7 Å². The molecule has 0 saturated heterocycles. The van der Waals surface area contributed by atoms with Gasteiger partial charge in [-0.05, 0) is 42.9 Å². The number of hydrogen-bond donors (Lipinski definition) is 0. The van der Waals surface area contributed by atoms with Crippen molar-refractivity contribution in [3.05, 3.63) is 58.8 Å². The van der Waals surface area contributed by atoms with Gasteiger partial charge in [-0.2, -0.15) is 5.26 Å². The average Bonchev–Trinajstić information content (AvgIpc) is 2.99. The highest BCUT2D eigenvalue weighted by molar-refractivity contribution is 5.56. The Kier molecular flexibility index (Phi) is 3.87. The number of aromatic nitrogens is 1. The van der Waals surface area contributed by atoms with Crippen molar-refractivity contribution in [3.63, 3.8) is 0 Å². The van der Waals surface area contributed by atoms with E-state index in [-0.39, 0.29) is 0 Å². The lowest BCUT2D eigenvalue weighted by molar-refractivity contribution is 0.847. The highest BCUT2D eigenvalue weighted by atomic mass is 15.2. The van der Waals surface area contributed by atoms with Crippen molar-refractivity contribution in [2.24, 2.45) is 0 Å². The van der Waals surface area contributed by atoms with Crippen LogP contribution in [0.25, 0.3) is 0 Å². The molecule has 106 valence electrons. The van der Waals surface area contributed by atoms with Gasteiger partial charge < -0.3 is 4.90 Å². The van der Waals surface area contributed by atoms with Gasteiger partial charge in [0.05, 0.1) is 5.56 Å². The van der Waals surface area contributed by atoms with Crippen LogP contribution in [-0.2, 0) is 19.3 Å². The lowest BCUT2D eigenvalue weighted by Gasteiger charge is -2.20. The van der Waals surface area contributed by atoms with Gasteiger partial charge in [0.15, 0.2) is 0 Å². The van der Waals surface area contributed by atoms with Crippen molar-refractivity contribution in [3.8, 4) is 6.07 Å². The first-order valence-electron chi connectivity index (χ1n) is 7.46. The number of nitrogens with zero attached hydrogens (tertiary/aromatic N) is 3. The molecule has 3 nitrogen and oxygen atoms in total. The van der Waals surface area contributed by atoms with E-state index < -0.39 is 0 Å². The van der Waals surface area contributed by atoms with E-state index in [1.165, 1.54) is 16.8 Å². The molecule has 1 aliphatic rings. The molecule has 21 heavy (non-hydrogen) atoms. The molecule has 0 radical (unpaired) electrons. The molecule has 2 aromatic rings. The lowest BCUT2D eigenvalue weighted by atomic mass is 10.1. The van der Waals surface area contributed by atoms with Crippen LogP contribution in [0.2, 0.25) is 0 Å². The molecule has 0 unspecified atom stereocenters. The summed E-state index contributed by atoms with van der Waals surface area (Å²) >= 11 is 0. The molecule has 1 heterocycles. The molecule has 0 fully saturated rings. The summed E-state index contributed by atoms with van der Waals surface area (Å²) in [7, 11) is 2.02. The number of pyridine rings is 1. The van der Waals surface area contributed by atoms with Gasteiger partial charge in [0.2, 0.25) is 0 Å². The van der Waals surface area contributed by atoms with Crippen molar-refractivity contribution in [1.29, 1.82) is 5.26 Å². The fourth-order valence-electron chi connectivity index (χ4n) is 2.88. The molecular weight excluding hydrogens is 258 g/mol. The number of benzene rings is 1. The van der Waals surface area contributed by atoms with Gasteiger partial charge in [-0.25, -0.2) is 4.98 Å². The summed E-state index contributed by atoms with van der Waals surface area (Å²) < 4.78 is 0. The summed E-state index contributed by atoms with van der Waals surface area (Å²) in [5.74, 6) is 0.828. The number of hydrogen-bond acceptors (Lipinski definition) is 3. The molecule has 1 aromatic carbocycles. The molecular formula is C18H19N3. The highest BCUT2D eigenvalue weighted by Gasteiger charge is 2.18. The minimum absolute atomic E-state index is 0.700. The van der Waals surface area contributed by atoms with E-state index in [9.17, 15) is 5.26 Å². The zero-order valence-corrected chi connectivity index (χ0v) is 12.3. The van der Waals surface area contributed by atoms with Gasteiger partial charge in [0, 0.05) is 19.3 Å². The van der Waals surface area contributed by atoms with E-state index in [0.29, 0.717) is 5.56 Å². The summed E-state index contributed by atoms with van der Waals surface area (Å²) in [6, 6.07) is 14.7. The molecule has 1 aliphatic carbocycles. The number of likely N-dealkylation sites (N-methyl/N-ethyl adjacent to an activating group) is 1. The second kappa shape index (κ2) is 5.97. The molecule has 0 saturated carbocycles. The Morgan fingerprint density at radius 3 is 2.81 bits per heavy atom. The van der Waals surface area contributed by atoms with Gasteiger partial charge in [-0.3, -0.25) is 0 Å². The van der Waals surface area contributed by atoms with E-state index in [0.717, 1.165) is 38.0 Å². The fraction of sp³-hybridized carbons (Fsp3) is 0.333. The Balaban J connectivity index is 1.78. The largest absolute Gasteiger partial charge is 0.358 e. The normalized spacial score (nSPS) is 12.8. The Bertz CT molecular complexity index is 671. The zero-order chi connectivity index (χ0) is 14.7. The molecule has 0 bridgehead atoms. The molecule has 1 aromatic heterocycles.